The molecule has 19 heteroatoms. The van der Waals surface area contributed by atoms with Gasteiger partial charge in [0.15, 0.2) is 11.7 Å². The predicted molar refractivity (Wildman–Crippen MR) is 171 cm³/mol. The minimum Gasteiger partial charge on any atom is -0.481 e. The number of aliphatic imine (C=N–C) groups is 1. The number of aliphatic carboxylic acids is 1. The Balaban J connectivity index is 1.71. The van der Waals surface area contributed by atoms with E-state index >= 15 is 0 Å². The Hall–Kier alpha value is -4.81. The van der Waals surface area contributed by atoms with Crippen LogP contribution in [-0.2, 0) is 38.3 Å². The number of ketones is 1. The number of rotatable bonds is 19. The van der Waals surface area contributed by atoms with E-state index in [1.54, 1.807) is 4.90 Å². The molecular weight excluding hydrogens is 646 g/mol. The molecule has 0 saturated carbocycles. The third kappa shape index (κ3) is 10.8. The summed E-state index contributed by atoms with van der Waals surface area (Å²) >= 11 is 0. The molecule has 19 nitrogen and oxygen atoms in total. The van der Waals surface area contributed by atoms with Gasteiger partial charge in [0.1, 0.15) is 18.1 Å². The van der Waals surface area contributed by atoms with Gasteiger partial charge in [-0.3, -0.25) is 38.7 Å². The molecule has 0 aromatic carbocycles. The number of carboxylic acids is 1. The molecule has 3 rings (SSSR count). The van der Waals surface area contributed by atoms with Gasteiger partial charge in [0.25, 0.3) is 5.91 Å². The fourth-order valence-electron chi connectivity index (χ4n) is 6.16. The van der Waals surface area contributed by atoms with E-state index in [-0.39, 0.29) is 82.8 Å². The number of hydrogen-bond donors (Lipinski definition) is 6. The number of carbonyl (C=O) groups excluding carboxylic acids is 7. The molecular formula is C30H47N9O10. The molecule has 3 aliphatic rings. The van der Waals surface area contributed by atoms with Gasteiger partial charge in [-0.15, -0.1) is 0 Å². The Morgan fingerprint density at radius 1 is 1.10 bits per heavy atom. The van der Waals surface area contributed by atoms with Crippen molar-refractivity contribution in [3.63, 3.8) is 0 Å². The molecule has 3 aliphatic heterocycles. The van der Waals surface area contributed by atoms with Gasteiger partial charge in [0.05, 0.1) is 19.1 Å². The summed E-state index contributed by atoms with van der Waals surface area (Å²) in [5.74, 6) is -4.96. The Morgan fingerprint density at radius 2 is 1.80 bits per heavy atom. The molecule has 49 heavy (non-hydrogen) atoms. The summed E-state index contributed by atoms with van der Waals surface area (Å²) in [6.07, 6.45) is 0.719. The van der Waals surface area contributed by atoms with Crippen LogP contribution in [0, 0.1) is 11.8 Å². The predicted octanol–water partition coefficient (Wildman–Crippen LogP) is -2.88. The van der Waals surface area contributed by atoms with Crippen molar-refractivity contribution in [3.05, 3.63) is 0 Å². The highest BCUT2D eigenvalue weighted by Gasteiger charge is 2.47. The second-order valence-electron chi connectivity index (χ2n) is 12.7. The molecule has 1 unspecified atom stereocenters. The number of esters is 1. The molecule has 6 amide bonds. The maximum atomic E-state index is 13.8. The molecule has 0 aliphatic carbocycles. The highest BCUT2D eigenvalue weighted by Crippen LogP contribution is 2.23. The van der Waals surface area contributed by atoms with E-state index in [0.29, 0.717) is 19.3 Å². The zero-order chi connectivity index (χ0) is 36.2. The van der Waals surface area contributed by atoms with Crippen LogP contribution in [0.15, 0.2) is 4.99 Å². The summed E-state index contributed by atoms with van der Waals surface area (Å²) in [7, 11) is 0. The number of nitrogens with zero attached hydrogens (tertiary/aromatic N) is 4. The van der Waals surface area contributed by atoms with Gasteiger partial charge in [0, 0.05) is 58.0 Å². The van der Waals surface area contributed by atoms with Crippen LogP contribution < -0.4 is 27.4 Å². The molecule has 3 fully saturated rings. The van der Waals surface area contributed by atoms with Crippen molar-refractivity contribution in [1.29, 1.82) is 0 Å². The van der Waals surface area contributed by atoms with E-state index in [9.17, 15) is 38.4 Å². The Kier molecular flexibility index (Phi) is 14.3. The standard InChI is InChI=1S/C30H47N9O10/c1-17(2)12-21(39-26(45)20(14-24(42)43)36-30(39)48)27(46)38-9-7-37(8-10-38)22(15-33-16-40)23(41)13-18(4-3-6-34-29(31)32)25(44)35-19-5-11-49-28(19)47/h16-22H,3-15H2,1-2H3,(H,33,40)(H,35,44)(H,36,48)(H,42,43)(H4,31,32,34)/t18-,19?,20+,21-,22+/m1/s1. The zero-order valence-corrected chi connectivity index (χ0v) is 27.8. The minimum atomic E-state index is -1.27. The monoisotopic (exact) mass is 693 g/mol. The van der Waals surface area contributed by atoms with Gasteiger partial charge in [-0.05, 0) is 25.2 Å². The van der Waals surface area contributed by atoms with Crippen LogP contribution in [0.1, 0.15) is 52.4 Å². The van der Waals surface area contributed by atoms with E-state index in [1.165, 1.54) is 4.90 Å². The topological polar surface area (TPSA) is 276 Å². The molecule has 0 spiro atoms. The number of piperazine rings is 1. The first-order valence-electron chi connectivity index (χ1n) is 16.3. The highest BCUT2D eigenvalue weighted by atomic mass is 16.5. The normalized spacial score (nSPS) is 21.4. The van der Waals surface area contributed by atoms with Gasteiger partial charge < -0.3 is 42.2 Å². The Labute approximate surface area is 283 Å². The van der Waals surface area contributed by atoms with Crippen LogP contribution in [0.3, 0.4) is 0 Å². The second-order valence-corrected chi connectivity index (χ2v) is 12.7. The van der Waals surface area contributed by atoms with Crippen molar-refractivity contribution in [2.75, 3.05) is 45.9 Å². The fraction of sp³-hybridized carbons (Fsp3) is 0.700. The lowest BCUT2D eigenvalue weighted by atomic mass is 9.92. The maximum Gasteiger partial charge on any atom is 0.328 e. The quantitative estimate of drug-likeness (QED) is 0.0198. The Bertz CT molecular complexity index is 1300. The molecule has 3 saturated heterocycles. The summed E-state index contributed by atoms with van der Waals surface area (Å²) in [5, 5.41) is 16.7. The maximum absolute atomic E-state index is 13.8. The number of carbonyl (C=O) groups is 8. The van der Waals surface area contributed by atoms with Crippen molar-refractivity contribution in [1.82, 2.24) is 30.7 Å². The summed E-state index contributed by atoms with van der Waals surface area (Å²) in [6, 6.07) is -4.92. The van der Waals surface area contributed by atoms with Gasteiger partial charge in [-0.25, -0.2) is 14.5 Å². The average molecular weight is 694 g/mol. The summed E-state index contributed by atoms with van der Waals surface area (Å²) in [5.41, 5.74) is 10.8. The third-order valence-electron chi connectivity index (χ3n) is 8.63. The van der Waals surface area contributed by atoms with E-state index < -0.39 is 72.2 Å². The number of nitrogens with one attached hydrogen (secondary N) is 3. The summed E-state index contributed by atoms with van der Waals surface area (Å²) in [6.45, 7) is 4.67. The first-order chi connectivity index (χ1) is 23.2. The number of amides is 6. The molecule has 3 heterocycles. The SMILES string of the molecule is CC(C)C[C@H](C(=O)N1CCN([C@@H](CNC=O)C(=O)C[C@@H](CCCN=C(N)N)C(=O)NC2CCOC2=O)CC1)N1C(=O)N[C@@H](CC(=O)O)C1=O. The van der Waals surface area contributed by atoms with Gasteiger partial charge in [-0.2, -0.15) is 0 Å². The van der Waals surface area contributed by atoms with Crippen LogP contribution in [0.2, 0.25) is 0 Å². The van der Waals surface area contributed by atoms with Crippen molar-refractivity contribution in [2.24, 2.45) is 28.3 Å². The molecule has 8 N–H and O–H groups in total. The van der Waals surface area contributed by atoms with E-state index in [4.69, 9.17) is 21.3 Å². The van der Waals surface area contributed by atoms with E-state index in [2.05, 4.69) is 20.9 Å². The highest BCUT2D eigenvalue weighted by molar-refractivity contribution is 6.08. The van der Waals surface area contributed by atoms with Crippen molar-refractivity contribution in [2.45, 2.75) is 76.5 Å². The van der Waals surface area contributed by atoms with Gasteiger partial charge in [-0.1, -0.05) is 13.8 Å². The number of imide groups is 1. The number of urea groups is 1. The molecule has 0 bridgehead atoms. The zero-order valence-electron chi connectivity index (χ0n) is 27.8. The molecule has 5 atom stereocenters. The number of Topliss-reactive ketones (excluding diaryl/α,β-unsaturated/α-hetero) is 1. The minimum absolute atomic E-state index is 0.0586. The van der Waals surface area contributed by atoms with Crippen molar-refractivity contribution >= 4 is 53.8 Å². The lowest BCUT2D eigenvalue weighted by molar-refractivity contribution is -0.145. The number of ether oxygens (including phenoxy) is 1. The van der Waals surface area contributed by atoms with Gasteiger partial charge in [0.2, 0.25) is 18.2 Å². The smallest absolute Gasteiger partial charge is 0.328 e. The van der Waals surface area contributed by atoms with E-state index in [1.807, 2.05) is 13.8 Å². The average Bonchev–Trinajstić information content (AvgIpc) is 3.56. The molecule has 272 valence electrons. The van der Waals surface area contributed by atoms with Crippen LogP contribution in [0.5, 0.6) is 0 Å². The Morgan fingerprint density at radius 3 is 2.37 bits per heavy atom. The second kappa shape index (κ2) is 18.1. The van der Waals surface area contributed by atoms with Crippen LogP contribution in [-0.4, -0.2) is 144 Å². The summed E-state index contributed by atoms with van der Waals surface area (Å²) < 4.78 is 4.93. The van der Waals surface area contributed by atoms with Crippen molar-refractivity contribution < 1.29 is 48.2 Å². The molecule has 0 radical (unpaired) electrons. The first kappa shape index (κ1) is 38.6. The number of nitrogens with two attached hydrogens (primary N) is 2. The van der Waals surface area contributed by atoms with Crippen LogP contribution in [0.4, 0.5) is 4.79 Å². The lowest BCUT2D eigenvalue weighted by Gasteiger charge is -2.40. The third-order valence-corrected chi connectivity index (χ3v) is 8.63. The van der Waals surface area contributed by atoms with E-state index in [0.717, 1.165) is 4.90 Å². The van der Waals surface area contributed by atoms with Crippen LogP contribution >= 0.6 is 0 Å². The lowest BCUT2D eigenvalue weighted by Crippen LogP contribution is -2.60. The fourth-order valence-corrected chi connectivity index (χ4v) is 6.16. The van der Waals surface area contributed by atoms with Crippen LogP contribution in [0.25, 0.3) is 0 Å². The number of guanidine groups is 1. The summed E-state index contributed by atoms with van der Waals surface area (Å²) in [4.78, 5) is 109. The number of carboxylic acid groups (broad SMARTS) is 1. The first-order valence-corrected chi connectivity index (χ1v) is 16.3. The number of hydrogen-bond acceptors (Lipinski definition) is 11. The largest absolute Gasteiger partial charge is 0.481 e. The van der Waals surface area contributed by atoms with Gasteiger partial charge >= 0.3 is 18.0 Å². The molecule has 0 aromatic rings. The van der Waals surface area contributed by atoms with Crippen molar-refractivity contribution in [3.8, 4) is 0 Å². The number of cyclic esters (lactones) is 1. The molecule has 0 aromatic heterocycles.